The molecular weight excluding hydrogens is 293 g/mol. The number of hydrogen-bond acceptors (Lipinski definition) is 3. The van der Waals surface area contributed by atoms with Gasteiger partial charge in [0.1, 0.15) is 5.82 Å². The highest BCUT2D eigenvalue weighted by Gasteiger charge is 2.22. The van der Waals surface area contributed by atoms with Crippen LogP contribution in [0.4, 0.5) is 4.39 Å². The summed E-state index contributed by atoms with van der Waals surface area (Å²) in [7, 11) is -3.78. The summed E-state index contributed by atoms with van der Waals surface area (Å²) < 4.78 is 39.7. The van der Waals surface area contributed by atoms with Crippen LogP contribution in [0.3, 0.4) is 0 Å². The molecule has 19 heavy (non-hydrogen) atoms. The quantitative estimate of drug-likeness (QED) is 0.846. The predicted molar refractivity (Wildman–Crippen MR) is 72.1 cm³/mol. The van der Waals surface area contributed by atoms with Crippen molar-refractivity contribution in [2.75, 3.05) is 6.61 Å². The van der Waals surface area contributed by atoms with E-state index in [1.807, 2.05) is 13.8 Å². The van der Waals surface area contributed by atoms with E-state index in [1.165, 1.54) is 0 Å². The van der Waals surface area contributed by atoms with Gasteiger partial charge in [0.2, 0.25) is 10.0 Å². The van der Waals surface area contributed by atoms with Crippen LogP contribution in [0.25, 0.3) is 0 Å². The number of halogens is 2. The molecule has 4 nitrogen and oxygen atoms in total. The third kappa shape index (κ3) is 4.42. The van der Waals surface area contributed by atoms with Crippen molar-refractivity contribution in [1.29, 1.82) is 0 Å². The van der Waals surface area contributed by atoms with Crippen LogP contribution in [0.5, 0.6) is 0 Å². The van der Waals surface area contributed by atoms with Crippen molar-refractivity contribution in [2.45, 2.75) is 31.2 Å². The Morgan fingerprint density at radius 1 is 1.42 bits per heavy atom. The van der Waals surface area contributed by atoms with E-state index in [2.05, 4.69) is 4.72 Å². The molecule has 1 atom stereocenters. The first-order valence-corrected chi connectivity index (χ1v) is 7.72. The van der Waals surface area contributed by atoms with Gasteiger partial charge in [0.15, 0.2) is 0 Å². The van der Waals surface area contributed by atoms with E-state index in [4.69, 9.17) is 16.7 Å². The van der Waals surface area contributed by atoms with Gasteiger partial charge in [0.05, 0.1) is 9.92 Å². The molecule has 0 saturated carbocycles. The fourth-order valence-electron chi connectivity index (χ4n) is 1.58. The first-order chi connectivity index (χ1) is 8.77. The molecule has 1 unspecified atom stereocenters. The lowest BCUT2D eigenvalue weighted by atomic mass is 10.0. The van der Waals surface area contributed by atoms with Crippen molar-refractivity contribution in [2.24, 2.45) is 5.92 Å². The third-order valence-electron chi connectivity index (χ3n) is 2.75. The predicted octanol–water partition coefficient (Wildman–Crippen LogP) is 2.16. The molecule has 0 amide bonds. The normalized spacial score (nSPS) is 13.8. The van der Waals surface area contributed by atoms with Crippen LogP contribution in [0.2, 0.25) is 5.02 Å². The number of nitrogens with one attached hydrogen (secondary N) is 1. The van der Waals surface area contributed by atoms with E-state index in [9.17, 15) is 12.8 Å². The molecular formula is C12H17ClFNO3S. The molecule has 0 saturated heterocycles. The molecule has 1 aromatic rings. The van der Waals surface area contributed by atoms with E-state index < -0.39 is 15.8 Å². The summed E-state index contributed by atoms with van der Waals surface area (Å²) in [4.78, 5) is -0.0949. The van der Waals surface area contributed by atoms with Crippen molar-refractivity contribution in [3.63, 3.8) is 0 Å². The molecule has 0 aromatic heterocycles. The first-order valence-electron chi connectivity index (χ1n) is 5.86. The number of sulfonamides is 1. The summed E-state index contributed by atoms with van der Waals surface area (Å²) in [6.45, 7) is 3.58. The minimum Gasteiger partial charge on any atom is -0.396 e. The Morgan fingerprint density at radius 3 is 2.53 bits per heavy atom. The highest BCUT2D eigenvalue weighted by molar-refractivity contribution is 7.89. The van der Waals surface area contributed by atoms with Crippen LogP contribution < -0.4 is 4.72 Å². The molecule has 108 valence electrons. The van der Waals surface area contributed by atoms with Gasteiger partial charge >= 0.3 is 0 Å². The third-order valence-corrected chi connectivity index (χ3v) is 4.53. The zero-order chi connectivity index (χ0) is 14.6. The van der Waals surface area contributed by atoms with Crippen LogP contribution in [0.1, 0.15) is 20.3 Å². The fourth-order valence-corrected chi connectivity index (χ4v) is 3.27. The second kappa shape index (κ2) is 6.65. The van der Waals surface area contributed by atoms with Crippen LogP contribution in [0.15, 0.2) is 23.1 Å². The summed E-state index contributed by atoms with van der Waals surface area (Å²) in [5.41, 5.74) is 0. The van der Waals surface area contributed by atoms with Crippen molar-refractivity contribution in [3.05, 3.63) is 29.0 Å². The van der Waals surface area contributed by atoms with Gasteiger partial charge < -0.3 is 5.11 Å². The van der Waals surface area contributed by atoms with Gasteiger partial charge in [0.25, 0.3) is 0 Å². The molecule has 0 bridgehead atoms. The zero-order valence-corrected chi connectivity index (χ0v) is 12.3. The summed E-state index contributed by atoms with van der Waals surface area (Å²) in [5.74, 6) is -0.644. The smallest absolute Gasteiger partial charge is 0.240 e. The topological polar surface area (TPSA) is 66.4 Å². The van der Waals surface area contributed by atoms with E-state index >= 15 is 0 Å². The molecule has 0 aliphatic rings. The molecule has 0 aliphatic carbocycles. The Morgan fingerprint density at radius 2 is 2.05 bits per heavy atom. The first kappa shape index (κ1) is 16.4. The lowest BCUT2D eigenvalue weighted by Crippen LogP contribution is -2.39. The van der Waals surface area contributed by atoms with Crippen molar-refractivity contribution >= 4 is 21.6 Å². The minimum atomic E-state index is -3.78. The van der Waals surface area contributed by atoms with Gasteiger partial charge in [-0.3, -0.25) is 0 Å². The average molecular weight is 310 g/mol. The number of aliphatic hydroxyl groups excluding tert-OH is 1. The van der Waals surface area contributed by atoms with E-state index in [1.54, 1.807) is 0 Å². The molecule has 0 spiro atoms. The molecule has 0 aliphatic heterocycles. The Bertz CT molecular complexity index is 534. The minimum absolute atomic E-state index is 0.0258. The standard InChI is InChI=1S/C12H17ClFNO3S/c1-8(2)12(5-6-16)15-19(17,18)9-3-4-11(14)10(13)7-9/h3-4,7-8,12,15-16H,5-6H2,1-2H3. The second-order valence-corrected chi connectivity index (χ2v) is 6.68. The fraction of sp³-hybridized carbons (Fsp3) is 0.500. The Kier molecular flexibility index (Phi) is 5.73. The lowest BCUT2D eigenvalue weighted by Gasteiger charge is -2.21. The van der Waals surface area contributed by atoms with Gasteiger partial charge in [-0.1, -0.05) is 25.4 Å². The largest absolute Gasteiger partial charge is 0.396 e. The molecule has 0 fully saturated rings. The number of benzene rings is 1. The maximum Gasteiger partial charge on any atom is 0.240 e. The maximum atomic E-state index is 13.0. The molecule has 1 rings (SSSR count). The Balaban J connectivity index is 2.99. The number of aliphatic hydroxyl groups is 1. The zero-order valence-electron chi connectivity index (χ0n) is 10.7. The molecule has 2 N–H and O–H groups in total. The van der Waals surface area contributed by atoms with Crippen LogP contribution in [0, 0.1) is 11.7 Å². The van der Waals surface area contributed by atoms with Gasteiger partial charge in [-0.2, -0.15) is 0 Å². The van der Waals surface area contributed by atoms with E-state index in [0.29, 0.717) is 6.42 Å². The highest BCUT2D eigenvalue weighted by atomic mass is 35.5. The molecule has 7 heteroatoms. The molecule has 1 aromatic carbocycles. The van der Waals surface area contributed by atoms with Crippen LogP contribution >= 0.6 is 11.6 Å². The highest BCUT2D eigenvalue weighted by Crippen LogP contribution is 2.20. The molecule has 0 radical (unpaired) electrons. The van der Waals surface area contributed by atoms with Crippen LogP contribution in [-0.4, -0.2) is 26.2 Å². The van der Waals surface area contributed by atoms with Crippen molar-refractivity contribution in [1.82, 2.24) is 4.72 Å². The van der Waals surface area contributed by atoms with Gasteiger partial charge in [-0.15, -0.1) is 0 Å². The van der Waals surface area contributed by atoms with Crippen molar-refractivity contribution in [3.8, 4) is 0 Å². The van der Waals surface area contributed by atoms with Gasteiger partial charge in [-0.25, -0.2) is 17.5 Å². The monoisotopic (exact) mass is 309 g/mol. The average Bonchev–Trinajstić information content (AvgIpc) is 2.31. The van der Waals surface area contributed by atoms with E-state index in [-0.39, 0.29) is 28.5 Å². The summed E-state index contributed by atoms with van der Waals surface area (Å²) in [6.07, 6.45) is 0.311. The lowest BCUT2D eigenvalue weighted by molar-refractivity contribution is 0.256. The maximum absolute atomic E-state index is 13.0. The number of rotatable bonds is 6. The Hall–Kier alpha value is -0.690. The van der Waals surface area contributed by atoms with Gasteiger partial charge in [0, 0.05) is 12.6 Å². The van der Waals surface area contributed by atoms with Crippen LogP contribution in [-0.2, 0) is 10.0 Å². The van der Waals surface area contributed by atoms with Gasteiger partial charge in [-0.05, 0) is 30.5 Å². The molecule has 0 heterocycles. The number of hydrogen-bond donors (Lipinski definition) is 2. The summed E-state index contributed by atoms with van der Waals surface area (Å²) in [5, 5.41) is 8.68. The summed E-state index contributed by atoms with van der Waals surface area (Å²) >= 11 is 5.57. The summed E-state index contributed by atoms with van der Waals surface area (Å²) in [6, 6.07) is 2.83. The van der Waals surface area contributed by atoms with Crippen molar-refractivity contribution < 1.29 is 17.9 Å². The Labute approximate surface area is 117 Å². The second-order valence-electron chi connectivity index (χ2n) is 4.56. The van der Waals surface area contributed by atoms with E-state index in [0.717, 1.165) is 18.2 Å². The SMILES string of the molecule is CC(C)C(CCO)NS(=O)(=O)c1ccc(F)c(Cl)c1.